The number of rotatable bonds is 4. The first kappa shape index (κ1) is 11.1. The summed E-state index contributed by atoms with van der Waals surface area (Å²) in [6, 6.07) is 1.70. The van der Waals surface area contributed by atoms with Crippen molar-refractivity contribution in [3.05, 3.63) is 24.0 Å². The van der Waals surface area contributed by atoms with Gasteiger partial charge in [0.2, 0.25) is 0 Å². The second kappa shape index (κ2) is 4.22. The first-order chi connectivity index (χ1) is 7.72. The minimum Gasteiger partial charge on any atom is -0.495 e. The van der Waals surface area contributed by atoms with Crippen LogP contribution in [0.1, 0.15) is 29.6 Å². The molecule has 0 amide bonds. The molecule has 16 heavy (non-hydrogen) atoms. The number of ether oxygens (including phenoxy) is 2. The van der Waals surface area contributed by atoms with Crippen LogP contribution in [0.2, 0.25) is 0 Å². The maximum atomic E-state index is 12.2. The molecule has 0 spiro atoms. The Morgan fingerprint density at radius 3 is 2.62 bits per heavy atom. The van der Waals surface area contributed by atoms with Gasteiger partial charge in [-0.2, -0.15) is 0 Å². The van der Waals surface area contributed by atoms with E-state index < -0.39 is 5.60 Å². The summed E-state index contributed by atoms with van der Waals surface area (Å²) < 4.78 is 10.4. The second-order valence-electron chi connectivity index (χ2n) is 3.99. The number of Topliss-reactive ketones (excluding diaryl/α,β-unsaturated/α-hetero) is 1. The Morgan fingerprint density at radius 2 is 2.12 bits per heavy atom. The highest BCUT2D eigenvalue weighted by Crippen LogP contribution is 2.38. The number of hydrogen-bond donors (Lipinski definition) is 0. The Kier molecular flexibility index (Phi) is 2.92. The molecule has 1 aromatic heterocycles. The lowest BCUT2D eigenvalue weighted by Crippen LogP contribution is -2.47. The molecular weight excluding hydrogens is 206 g/mol. The van der Waals surface area contributed by atoms with Crippen molar-refractivity contribution < 1.29 is 14.3 Å². The van der Waals surface area contributed by atoms with Gasteiger partial charge in [0.1, 0.15) is 11.4 Å². The molecule has 1 fully saturated rings. The van der Waals surface area contributed by atoms with Gasteiger partial charge in [-0.1, -0.05) is 0 Å². The van der Waals surface area contributed by atoms with Crippen molar-refractivity contribution in [2.45, 2.75) is 24.9 Å². The molecule has 4 heteroatoms. The third-order valence-corrected chi connectivity index (χ3v) is 3.18. The smallest absolute Gasteiger partial charge is 0.196 e. The molecule has 0 aliphatic heterocycles. The van der Waals surface area contributed by atoms with Crippen LogP contribution in [0.15, 0.2) is 18.5 Å². The van der Waals surface area contributed by atoms with Crippen LogP contribution < -0.4 is 4.74 Å². The van der Waals surface area contributed by atoms with E-state index >= 15 is 0 Å². The van der Waals surface area contributed by atoms with Crippen molar-refractivity contribution in [2.24, 2.45) is 0 Å². The van der Waals surface area contributed by atoms with Crippen LogP contribution in [-0.2, 0) is 4.74 Å². The summed E-state index contributed by atoms with van der Waals surface area (Å²) in [6.45, 7) is 0. The van der Waals surface area contributed by atoms with Gasteiger partial charge in [-0.05, 0) is 25.3 Å². The lowest BCUT2D eigenvalue weighted by molar-refractivity contribution is -0.0448. The molecule has 1 aliphatic carbocycles. The van der Waals surface area contributed by atoms with Crippen LogP contribution in [0, 0.1) is 0 Å². The molecule has 2 rings (SSSR count). The minimum atomic E-state index is -0.617. The van der Waals surface area contributed by atoms with Gasteiger partial charge in [-0.15, -0.1) is 0 Å². The molecule has 0 N–H and O–H groups in total. The summed E-state index contributed by atoms with van der Waals surface area (Å²) in [4.78, 5) is 16.2. The molecule has 0 bridgehead atoms. The second-order valence-corrected chi connectivity index (χ2v) is 3.99. The van der Waals surface area contributed by atoms with Crippen LogP contribution in [0.3, 0.4) is 0 Å². The van der Waals surface area contributed by atoms with Crippen molar-refractivity contribution in [1.29, 1.82) is 0 Å². The molecular formula is C12H15NO3. The number of carbonyl (C=O) groups excluding carboxylic acids is 1. The molecule has 1 aliphatic rings. The summed E-state index contributed by atoms with van der Waals surface area (Å²) in [5.41, 5.74) is -0.0606. The number of pyridine rings is 1. The predicted octanol–water partition coefficient (Wildman–Crippen LogP) is 1.84. The van der Waals surface area contributed by atoms with E-state index in [-0.39, 0.29) is 5.78 Å². The number of methoxy groups -OCH3 is 2. The third-order valence-electron chi connectivity index (χ3n) is 3.18. The standard InChI is InChI=1S/C12H15NO3/c1-15-10-6-9(7-13-8-10)11(14)12(16-2)4-3-5-12/h6-8H,3-5H2,1-2H3. The zero-order chi connectivity index (χ0) is 11.6. The molecule has 0 radical (unpaired) electrons. The van der Waals surface area contributed by atoms with Crippen LogP contribution in [0.5, 0.6) is 5.75 Å². The van der Waals surface area contributed by atoms with E-state index in [0.717, 1.165) is 19.3 Å². The van der Waals surface area contributed by atoms with Gasteiger partial charge < -0.3 is 9.47 Å². The maximum absolute atomic E-state index is 12.2. The highest BCUT2D eigenvalue weighted by molar-refractivity contribution is 6.03. The summed E-state index contributed by atoms with van der Waals surface area (Å²) in [6.07, 6.45) is 5.76. The summed E-state index contributed by atoms with van der Waals surface area (Å²) in [7, 11) is 3.14. The Morgan fingerprint density at radius 1 is 1.38 bits per heavy atom. The lowest BCUT2D eigenvalue weighted by atomic mass is 9.75. The van der Waals surface area contributed by atoms with Crippen molar-refractivity contribution in [2.75, 3.05) is 14.2 Å². The lowest BCUT2D eigenvalue weighted by Gasteiger charge is -2.38. The minimum absolute atomic E-state index is 0.00708. The van der Waals surface area contributed by atoms with Gasteiger partial charge in [0, 0.05) is 18.9 Å². The van der Waals surface area contributed by atoms with E-state index in [9.17, 15) is 4.79 Å². The molecule has 1 aromatic rings. The number of aromatic nitrogens is 1. The van der Waals surface area contributed by atoms with Crippen LogP contribution >= 0.6 is 0 Å². The fraction of sp³-hybridized carbons (Fsp3) is 0.500. The van der Waals surface area contributed by atoms with Crippen LogP contribution in [-0.4, -0.2) is 30.6 Å². The first-order valence-corrected chi connectivity index (χ1v) is 5.31. The molecule has 0 atom stereocenters. The molecule has 1 saturated carbocycles. The Hall–Kier alpha value is -1.42. The van der Waals surface area contributed by atoms with Crippen molar-refractivity contribution in [3.63, 3.8) is 0 Å². The van der Waals surface area contributed by atoms with Crippen molar-refractivity contribution in [3.8, 4) is 5.75 Å². The van der Waals surface area contributed by atoms with E-state index in [4.69, 9.17) is 9.47 Å². The zero-order valence-corrected chi connectivity index (χ0v) is 9.53. The maximum Gasteiger partial charge on any atom is 0.196 e. The van der Waals surface area contributed by atoms with E-state index in [2.05, 4.69) is 4.98 Å². The largest absolute Gasteiger partial charge is 0.495 e. The highest BCUT2D eigenvalue weighted by atomic mass is 16.5. The van der Waals surface area contributed by atoms with Gasteiger partial charge in [0.25, 0.3) is 0 Å². The predicted molar refractivity (Wildman–Crippen MR) is 58.7 cm³/mol. The average Bonchev–Trinajstić information content (AvgIpc) is 2.28. The van der Waals surface area contributed by atoms with Gasteiger partial charge in [-0.3, -0.25) is 9.78 Å². The monoisotopic (exact) mass is 221 g/mol. The van der Waals surface area contributed by atoms with E-state index in [1.165, 1.54) is 0 Å². The van der Waals surface area contributed by atoms with Gasteiger partial charge in [0.05, 0.1) is 13.3 Å². The van der Waals surface area contributed by atoms with Gasteiger partial charge in [-0.25, -0.2) is 0 Å². The van der Waals surface area contributed by atoms with Crippen molar-refractivity contribution >= 4 is 5.78 Å². The first-order valence-electron chi connectivity index (χ1n) is 5.31. The van der Waals surface area contributed by atoms with Gasteiger partial charge >= 0.3 is 0 Å². The number of nitrogens with zero attached hydrogens (tertiary/aromatic N) is 1. The number of ketones is 1. The molecule has 0 unspecified atom stereocenters. The quantitative estimate of drug-likeness (QED) is 0.728. The zero-order valence-electron chi connectivity index (χ0n) is 9.53. The number of carbonyl (C=O) groups is 1. The van der Waals surface area contributed by atoms with Crippen molar-refractivity contribution in [1.82, 2.24) is 4.98 Å². The highest BCUT2D eigenvalue weighted by Gasteiger charge is 2.44. The topological polar surface area (TPSA) is 48.4 Å². The number of hydrogen-bond acceptors (Lipinski definition) is 4. The molecule has 86 valence electrons. The van der Waals surface area contributed by atoms with Crippen LogP contribution in [0.25, 0.3) is 0 Å². The van der Waals surface area contributed by atoms with E-state index in [0.29, 0.717) is 11.3 Å². The fourth-order valence-corrected chi connectivity index (χ4v) is 1.94. The summed E-state index contributed by atoms with van der Waals surface area (Å²) >= 11 is 0. The molecule has 4 nitrogen and oxygen atoms in total. The molecule has 1 heterocycles. The molecule has 0 aromatic carbocycles. The normalized spacial score (nSPS) is 17.6. The Bertz CT molecular complexity index is 393. The fourth-order valence-electron chi connectivity index (χ4n) is 1.94. The summed E-state index contributed by atoms with van der Waals surface area (Å²) in [5.74, 6) is 0.601. The summed E-state index contributed by atoms with van der Waals surface area (Å²) in [5, 5.41) is 0. The van der Waals surface area contributed by atoms with E-state index in [1.54, 1.807) is 32.7 Å². The molecule has 0 saturated heterocycles. The van der Waals surface area contributed by atoms with Crippen LogP contribution in [0.4, 0.5) is 0 Å². The van der Waals surface area contributed by atoms with Gasteiger partial charge in [0.15, 0.2) is 5.78 Å². The average molecular weight is 221 g/mol. The Labute approximate surface area is 94.6 Å². The third kappa shape index (κ3) is 1.69. The SMILES string of the molecule is COc1cncc(C(=O)C2(OC)CCC2)c1. The Balaban J connectivity index is 2.26. The van der Waals surface area contributed by atoms with E-state index in [1.807, 2.05) is 0 Å².